The number of carbonyl (C=O) groups is 1. The van der Waals surface area contributed by atoms with Crippen LogP contribution in [0.25, 0.3) is 0 Å². The molecular weight excluding hydrogens is 292 g/mol. The first-order valence-electron chi connectivity index (χ1n) is 7.77. The van der Waals surface area contributed by atoms with Crippen molar-refractivity contribution in [3.8, 4) is 0 Å². The molecule has 0 spiro atoms. The molecule has 0 aromatic heterocycles. The molecule has 3 saturated heterocycles. The fourth-order valence-electron chi connectivity index (χ4n) is 2.28. The van der Waals surface area contributed by atoms with Gasteiger partial charge in [-0.15, -0.1) is 0 Å². The first-order valence-corrected chi connectivity index (χ1v) is 7.77. The van der Waals surface area contributed by atoms with Gasteiger partial charge in [0, 0.05) is 18.4 Å². The molecule has 2 bridgehead atoms. The molecule has 3 aliphatic heterocycles. The monoisotopic (exact) mass is 318 g/mol. The Morgan fingerprint density at radius 2 is 1.45 bits per heavy atom. The van der Waals surface area contributed by atoms with Crippen molar-refractivity contribution in [3.63, 3.8) is 0 Å². The molecule has 0 amide bonds. The maximum absolute atomic E-state index is 10.0. The fourth-order valence-corrected chi connectivity index (χ4v) is 2.28. The Hall–Kier alpha value is -0.570. The van der Waals surface area contributed by atoms with Crippen molar-refractivity contribution in [2.75, 3.05) is 59.5 Å². The van der Waals surface area contributed by atoms with E-state index in [2.05, 4.69) is 6.92 Å². The van der Waals surface area contributed by atoms with E-state index in [4.69, 9.17) is 28.4 Å². The summed E-state index contributed by atoms with van der Waals surface area (Å²) in [6.45, 7) is 6.82. The number of fused-ring (bicyclic) bond motifs is 3. The highest BCUT2D eigenvalue weighted by Gasteiger charge is 2.49. The van der Waals surface area contributed by atoms with Gasteiger partial charge in [0.25, 0.3) is 5.97 Å². The van der Waals surface area contributed by atoms with Crippen molar-refractivity contribution in [3.05, 3.63) is 0 Å². The zero-order chi connectivity index (χ0) is 15.7. The predicted molar refractivity (Wildman–Crippen MR) is 76.4 cm³/mol. The molecule has 0 aliphatic carbocycles. The minimum absolute atomic E-state index is 0.00498. The SMILES string of the molecule is CC12COC(CCCOCCOCCOCC=O)(OC1)OC2. The van der Waals surface area contributed by atoms with E-state index in [1.165, 1.54) is 0 Å². The van der Waals surface area contributed by atoms with Crippen LogP contribution in [0.2, 0.25) is 0 Å². The second kappa shape index (κ2) is 8.90. The summed E-state index contributed by atoms with van der Waals surface area (Å²) in [4.78, 5) is 10.0. The summed E-state index contributed by atoms with van der Waals surface area (Å²) < 4.78 is 32.8. The lowest BCUT2D eigenvalue weighted by Gasteiger charge is -2.50. The van der Waals surface area contributed by atoms with Crippen LogP contribution in [0, 0.1) is 5.41 Å². The molecule has 0 N–H and O–H groups in total. The molecule has 3 aliphatic rings. The number of rotatable bonds is 12. The van der Waals surface area contributed by atoms with Crippen molar-refractivity contribution in [2.24, 2.45) is 5.41 Å². The van der Waals surface area contributed by atoms with Crippen LogP contribution in [0.3, 0.4) is 0 Å². The van der Waals surface area contributed by atoms with E-state index in [9.17, 15) is 4.79 Å². The average Bonchev–Trinajstić information content (AvgIpc) is 2.54. The smallest absolute Gasteiger partial charge is 0.283 e. The van der Waals surface area contributed by atoms with Gasteiger partial charge in [-0.05, 0) is 6.42 Å². The van der Waals surface area contributed by atoms with Crippen molar-refractivity contribution >= 4 is 6.29 Å². The van der Waals surface area contributed by atoms with Crippen molar-refractivity contribution < 1.29 is 33.2 Å². The van der Waals surface area contributed by atoms with Crippen LogP contribution in [0.4, 0.5) is 0 Å². The molecule has 0 atom stereocenters. The average molecular weight is 318 g/mol. The topological polar surface area (TPSA) is 72.5 Å². The summed E-state index contributed by atoms with van der Waals surface area (Å²) in [5.41, 5.74) is 0.00498. The van der Waals surface area contributed by atoms with Gasteiger partial charge in [-0.2, -0.15) is 0 Å². The molecule has 0 aromatic rings. The van der Waals surface area contributed by atoms with Crippen molar-refractivity contribution in [1.29, 1.82) is 0 Å². The largest absolute Gasteiger partial charge is 0.379 e. The standard InChI is InChI=1S/C15H26O7/c1-14-11-20-15(21-12-14,22-13-14)3-2-5-17-7-9-19-10-8-18-6-4-16/h4H,2-3,5-13H2,1H3. The van der Waals surface area contributed by atoms with Crippen LogP contribution in [-0.2, 0) is 33.2 Å². The zero-order valence-electron chi connectivity index (χ0n) is 13.2. The van der Waals surface area contributed by atoms with Gasteiger partial charge in [0.05, 0.1) is 46.2 Å². The summed E-state index contributed by atoms with van der Waals surface area (Å²) in [6, 6.07) is 0. The van der Waals surface area contributed by atoms with Gasteiger partial charge in [0.1, 0.15) is 12.9 Å². The van der Waals surface area contributed by atoms with Crippen molar-refractivity contribution in [2.45, 2.75) is 25.7 Å². The van der Waals surface area contributed by atoms with Crippen LogP contribution in [0.5, 0.6) is 0 Å². The quantitative estimate of drug-likeness (QED) is 0.388. The van der Waals surface area contributed by atoms with Crippen LogP contribution < -0.4 is 0 Å². The minimum Gasteiger partial charge on any atom is -0.379 e. The molecule has 0 saturated carbocycles. The first-order chi connectivity index (χ1) is 10.7. The van der Waals surface area contributed by atoms with Gasteiger partial charge in [-0.25, -0.2) is 0 Å². The third kappa shape index (κ3) is 5.57. The third-order valence-corrected chi connectivity index (χ3v) is 3.62. The van der Waals surface area contributed by atoms with Gasteiger partial charge in [-0.3, -0.25) is 0 Å². The highest BCUT2D eigenvalue weighted by atomic mass is 16.9. The molecule has 7 nitrogen and oxygen atoms in total. The van der Waals surface area contributed by atoms with E-state index in [1.54, 1.807) is 0 Å². The van der Waals surface area contributed by atoms with Crippen LogP contribution in [-0.4, -0.2) is 71.7 Å². The minimum atomic E-state index is -0.854. The normalized spacial score (nSPS) is 30.6. The number of hydrogen-bond donors (Lipinski definition) is 0. The van der Waals surface area contributed by atoms with E-state index in [-0.39, 0.29) is 12.0 Å². The molecule has 0 aromatic carbocycles. The van der Waals surface area contributed by atoms with Crippen molar-refractivity contribution in [1.82, 2.24) is 0 Å². The molecular formula is C15H26O7. The van der Waals surface area contributed by atoms with E-state index in [0.717, 1.165) is 12.7 Å². The number of carbonyl (C=O) groups excluding carboxylic acids is 1. The lowest BCUT2D eigenvalue weighted by molar-refractivity contribution is -0.467. The summed E-state index contributed by atoms with van der Waals surface area (Å²) in [6.07, 6.45) is 2.20. The highest BCUT2D eigenvalue weighted by molar-refractivity contribution is 5.50. The Labute approximate surface area is 131 Å². The number of hydrogen-bond acceptors (Lipinski definition) is 7. The summed E-state index contributed by atoms with van der Waals surface area (Å²) in [5.74, 6) is -0.854. The zero-order valence-corrected chi connectivity index (χ0v) is 13.2. The predicted octanol–water partition coefficient (Wildman–Crippen LogP) is 0.752. The van der Waals surface area contributed by atoms with Crippen LogP contribution in [0.15, 0.2) is 0 Å². The van der Waals surface area contributed by atoms with E-state index in [1.807, 2.05) is 0 Å². The van der Waals surface area contributed by atoms with Gasteiger partial charge in [0.15, 0.2) is 0 Å². The van der Waals surface area contributed by atoms with E-state index >= 15 is 0 Å². The third-order valence-electron chi connectivity index (χ3n) is 3.62. The molecule has 3 fully saturated rings. The molecule has 0 unspecified atom stereocenters. The number of ether oxygens (including phenoxy) is 6. The molecule has 0 radical (unpaired) electrons. The lowest BCUT2D eigenvalue weighted by Crippen LogP contribution is -2.58. The maximum atomic E-state index is 10.0. The molecule has 3 heterocycles. The lowest BCUT2D eigenvalue weighted by atomic mass is 9.91. The Kier molecular flexibility index (Phi) is 7.20. The first kappa shape index (κ1) is 17.8. The molecule has 7 heteroatoms. The molecule has 22 heavy (non-hydrogen) atoms. The Morgan fingerprint density at radius 3 is 2.05 bits per heavy atom. The Balaban J connectivity index is 1.41. The second-order valence-corrected chi connectivity index (χ2v) is 5.93. The van der Waals surface area contributed by atoms with Gasteiger partial charge in [0.2, 0.25) is 0 Å². The fraction of sp³-hybridized carbons (Fsp3) is 0.933. The summed E-state index contributed by atoms with van der Waals surface area (Å²) in [5, 5.41) is 0. The van der Waals surface area contributed by atoms with Gasteiger partial charge >= 0.3 is 0 Å². The summed E-state index contributed by atoms with van der Waals surface area (Å²) in [7, 11) is 0. The second-order valence-electron chi connectivity index (χ2n) is 5.93. The van der Waals surface area contributed by atoms with Crippen LogP contribution in [0.1, 0.15) is 19.8 Å². The van der Waals surface area contributed by atoms with Crippen LogP contribution >= 0.6 is 0 Å². The highest BCUT2D eigenvalue weighted by Crippen LogP contribution is 2.40. The van der Waals surface area contributed by atoms with E-state index in [0.29, 0.717) is 59.3 Å². The van der Waals surface area contributed by atoms with Gasteiger partial charge < -0.3 is 33.2 Å². The van der Waals surface area contributed by atoms with E-state index < -0.39 is 5.97 Å². The molecule has 3 rings (SSSR count). The summed E-state index contributed by atoms with van der Waals surface area (Å²) >= 11 is 0. The number of aldehydes is 1. The maximum Gasteiger partial charge on any atom is 0.283 e. The Bertz CT molecular complexity index is 309. The molecule has 128 valence electrons. The van der Waals surface area contributed by atoms with Gasteiger partial charge in [-0.1, -0.05) is 6.92 Å². The Morgan fingerprint density at radius 1 is 0.909 bits per heavy atom.